The molecule has 2 atom stereocenters. The maximum atomic E-state index is 4.65. The van der Waals surface area contributed by atoms with E-state index < -0.39 is 0 Å². The minimum Gasteiger partial charge on any atom is -0.194 e. The third kappa shape index (κ3) is 4.09. The lowest BCUT2D eigenvalue weighted by Crippen LogP contribution is -2.49. The van der Waals surface area contributed by atoms with Crippen molar-refractivity contribution in [2.75, 3.05) is 0 Å². The fraction of sp³-hybridized carbons (Fsp3) is 0.250. The molecule has 2 unspecified atom stereocenters. The molecule has 2 aromatic carbocycles. The second kappa shape index (κ2) is 9.39. The Morgan fingerprint density at radius 1 is 0.889 bits per heavy atom. The van der Waals surface area contributed by atoms with Gasteiger partial charge in [-0.1, -0.05) is 41.9 Å². The normalized spacial score (nSPS) is 18.5. The van der Waals surface area contributed by atoms with Crippen LogP contribution >= 0.6 is 31.9 Å². The predicted molar refractivity (Wildman–Crippen MR) is 154 cm³/mol. The monoisotopic (exact) mass is 600 g/mol. The third-order valence-electron chi connectivity index (χ3n) is 7.90. The van der Waals surface area contributed by atoms with Gasteiger partial charge in [-0.15, -0.1) is 0 Å². The lowest BCUT2D eigenvalue weighted by atomic mass is 9.76. The molecule has 2 aliphatic rings. The largest absolute Gasteiger partial charge is 0.218 e. The molecule has 180 valence electrons. The van der Waals surface area contributed by atoms with E-state index in [9.17, 15) is 0 Å². The van der Waals surface area contributed by atoms with E-state index in [0.29, 0.717) is 17.9 Å². The van der Waals surface area contributed by atoms with Crippen LogP contribution in [0, 0.1) is 0 Å². The molecule has 2 nitrogen and oxygen atoms in total. The zero-order valence-corrected chi connectivity index (χ0v) is 23.9. The summed E-state index contributed by atoms with van der Waals surface area (Å²) in [6.07, 6.45) is 7.44. The maximum absolute atomic E-state index is 4.65. The van der Waals surface area contributed by atoms with Gasteiger partial charge in [0.05, 0.1) is 10.9 Å². The van der Waals surface area contributed by atoms with E-state index in [2.05, 4.69) is 141 Å². The van der Waals surface area contributed by atoms with Crippen LogP contribution < -0.4 is 9.13 Å². The van der Waals surface area contributed by atoms with Gasteiger partial charge < -0.3 is 0 Å². The van der Waals surface area contributed by atoms with Gasteiger partial charge in [0, 0.05) is 39.7 Å². The Bertz CT molecular complexity index is 1500. The Kier molecular flexibility index (Phi) is 6.21. The van der Waals surface area contributed by atoms with Crippen molar-refractivity contribution in [2.24, 2.45) is 0 Å². The molecular formula is C32H30Br2N2+2. The van der Waals surface area contributed by atoms with Crippen molar-refractivity contribution in [3.63, 3.8) is 0 Å². The Labute approximate surface area is 230 Å². The number of benzene rings is 2. The van der Waals surface area contributed by atoms with E-state index in [1.54, 1.807) is 0 Å². The van der Waals surface area contributed by atoms with Crippen LogP contribution in [0.1, 0.15) is 61.3 Å². The number of pyridine rings is 2. The summed E-state index contributed by atoms with van der Waals surface area (Å²) in [4.78, 5) is 0. The van der Waals surface area contributed by atoms with Crippen molar-refractivity contribution < 1.29 is 9.13 Å². The quantitative estimate of drug-likeness (QED) is 0.194. The lowest BCUT2D eigenvalue weighted by molar-refractivity contribution is -0.720. The van der Waals surface area contributed by atoms with Crippen LogP contribution in [0.4, 0.5) is 0 Å². The summed E-state index contributed by atoms with van der Waals surface area (Å²) in [6.45, 7) is 9.23. The van der Waals surface area contributed by atoms with E-state index in [1.807, 2.05) is 0 Å². The first kappa shape index (κ1) is 23.8. The van der Waals surface area contributed by atoms with Crippen molar-refractivity contribution in [3.8, 4) is 22.5 Å². The molecule has 4 aromatic rings. The SMILES string of the molecule is C=C1CC2C(CCc3cc(Br)ccc3-c3ccc(Br)c[n+]31)c1cc(C(C)C)ccc1-c1cccc[n+]12. The highest BCUT2D eigenvalue weighted by molar-refractivity contribution is 9.10. The van der Waals surface area contributed by atoms with Crippen molar-refractivity contribution in [3.05, 3.63) is 111 Å². The van der Waals surface area contributed by atoms with E-state index >= 15 is 0 Å². The van der Waals surface area contributed by atoms with Crippen LogP contribution in [-0.4, -0.2) is 0 Å². The van der Waals surface area contributed by atoms with Crippen molar-refractivity contribution in [1.29, 1.82) is 0 Å². The van der Waals surface area contributed by atoms with Crippen LogP contribution in [-0.2, 0) is 6.42 Å². The summed E-state index contributed by atoms with van der Waals surface area (Å²) in [5.41, 5.74) is 10.5. The van der Waals surface area contributed by atoms with Gasteiger partial charge in [0.2, 0.25) is 11.4 Å². The number of nitrogens with zero attached hydrogens (tertiary/aromatic N) is 2. The van der Waals surface area contributed by atoms with E-state index in [1.165, 1.54) is 39.2 Å². The summed E-state index contributed by atoms with van der Waals surface area (Å²) in [6, 6.07) is 25.1. The molecule has 0 fully saturated rings. The van der Waals surface area contributed by atoms with Crippen molar-refractivity contribution in [1.82, 2.24) is 0 Å². The second-order valence-electron chi connectivity index (χ2n) is 10.4. The first-order valence-electron chi connectivity index (χ1n) is 12.7. The average Bonchev–Trinajstić information content (AvgIpc) is 2.88. The number of hydrogen-bond donors (Lipinski definition) is 0. The molecule has 2 aromatic heterocycles. The minimum absolute atomic E-state index is 0.302. The van der Waals surface area contributed by atoms with Crippen molar-refractivity contribution >= 4 is 37.6 Å². The molecule has 4 heterocycles. The number of fused-ring (bicyclic) bond motifs is 9. The van der Waals surface area contributed by atoms with Crippen molar-refractivity contribution in [2.45, 2.75) is 51.0 Å². The summed E-state index contributed by atoms with van der Waals surface area (Å²) in [5.74, 6) is 0.904. The minimum atomic E-state index is 0.302. The Morgan fingerprint density at radius 2 is 1.69 bits per heavy atom. The van der Waals surface area contributed by atoms with E-state index in [-0.39, 0.29) is 0 Å². The first-order chi connectivity index (χ1) is 17.4. The number of aromatic nitrogens is 2. The molecule has 0 N–H and O–H groups in total. The fourth-order valence-corrected chi connectivity index (χ4v) is 6.81. The van der Waals surface area contributed by atoms with Crippen LogP contribution in [0.3, 0.4) is 0 Å². The molecular weight excluding hydrogens is 572 g/mol. The van der Waals surface area contributed by atoms with Gasteiger partial charge in [0.25, 0.3) is 0 Å². The molecule has 0 saturated carbocycles. The average molecular weight is 602 g/mol. The van der Waals surface area contributed by atoms with Crippen LogP contribution in [0.2, 0.25) is 0 Å². The Hall–Kier alpha value is -2.56. The highest BCUT2D eigenvalue weighted by Crippen LogP contribution is 2.45. The van der Waals surface area contributed by atoms with Gasteiger partial charge in [0.1, 0.15) is 0 Å². The molecule has 0 saturated heterocycles. The van der Waals surface area contributed by atoms with Gasteiger partial charge in [-0.05, 0) is 94.4 Å². The van der Waals surface area contributed by atoms with Gasteiger partial charge >= 0.3 is 0 Å². The molecule has 36 heavy (non-hydrogen) atoms. The Balaban J connectivity index is 1.58. The van der Waals surface area contributed by atoms with Crippen LogP contribution in [0.15, 0.2) is 94.6 Å². The predicted octanol–water partition coefficient (Wildman–Crippen LogP) is 8.39. The number of allylic oxidation sites excluding steroid dienone is 1. The van der Waals surface area contributed by atoms with Crippen LogP contribution in [0.5, 0.6) is 0 Å². The molecule has 4 heteroatoms. The second-order valence-corrected chi connectivity index (χ2v) is 12.2. The number of rotatable bonds is 1. The zero-order chi connectivity index (χ0) is 25.0. The fourth-order valence-electron chi connectivity index (χ4n) is 6.07. The molecule has 6 rings (SSSR count). The van der Waals surface area contributed by atoms with Gasteiger partial charge in [0.15, 0.2) is 24.1 Å². The standard InChI is InChI=1S/C32H30Br2N2/c1-20(2)22-7-11-27-29(18-22)28-12-8-23-17-24(33)9-13-26(23)31-14-10-25(34)19-36(31)21(3)16-32(28)35-15-5-4-6-30(27)35/h4-7,9-11,13-15,17-20,28,32H,3,8,12,16H2,1-2H3/q+2. The number of aryl methyl sites for hydroxylation is 1. The summed E-state index contributed by atoms with van der Waals surface area (Å²) in [5, 5.41) is 0. The lowest BCUT2D eigenvalue weighted by Gasteiger charge is -2.32. The summed E-state index contributed by atoms with van der Waals surface area (Å²) >= 11 is 7.45. The Morgan fingerprint density at radius 3 is 2.53 bits per heavy atom. The van der Waals surface area contributed by atoms with Crippen LogP contribution in [0.25, 0.3) is 28.2 Å². The van der Waals surface area contributed by atoms with E-state index in [0.717, 1.165) is 33.9 Å². The highest BCUT2D eigenvalue weighted by atomic mass is 79.9. The molecule has 0 amide bonds. The van der Waals surface area contributed by atoms with Gasteiger partial charge in [-0.2, -0.15) is 9.13 Å². The molecule has 2 aliphatic heterocycles. The number of hydrogen-bond acceptors (Lipinski definition) is 0. The number of halogens is 2. The zero-order valence-electron chi connectivity index (χ0n) is 20.7. The first-order valence-corrected chi connectivity index (χ1v) is 14.3. The smallest absolute Gasteiger partial charge is 0.194 e. The molecule has 0 bridgehead atoms. The maximum Gasteiger partial charge on any atom is 0.218 e. The molecule has 0 aliphatic carbocycles. The third-order valence-corrected chi connectivity index (χ3v) is 8.86. The van der Waals surface area contributed by atoms with Gasteiger partial charge in [-0.25, -0.2) is 0 Å². The van der Waals surface area contributed by atoms with E-state index in [4.69, 9.17) is 0 Å². The summed E-state index contributed by atoms with van der Waals surface area (Å²) in [7, 11) is 0. The summed E-state index contributed by atoms with van der Waals surface area (Å²) < 4.78 is 6.99. The highest BCUT2D eigenvalue weighted by Gasteiger charge is 2.42. The topological polar surface area (TPSA) is 7.76 Å². The molecule has 0 radical (unpaired) electrons. The van der Waals surface area contributed by atoms with Gasteiger partial charge in [-0.3, -0.25) is 0 Å². The molecule has 0 spiro atoms.